The summed E-state index contributed by atoms with van der Waals surface area (Å²) in [5.41, 5.74) is 1.16. The van der Waals surface area contributed by atoms with Gasteiger partial charge in [0.25, 0.3) is 0 Å². The molecule has 1 aromatic heterocycles. The molecule has 0 N–H and O–H groups in total. The maximum atomic E-state index is 13.6. The largest absolute Gasteiger partial charge is 0.335 e. The minimum atomic E-state index is -2.92. The monoisotopic (exact) mass is 398 g/mol. The molecule has 9 heteroatoms. The van der Waals surface area contributed by atoms with Crippen LogP contribution in [0.3, 0.4) is 0 Å². The van der Waals surface area contributed by atoms with Gasteiger partial charge in [0.1, 0.15) is 5.82 Å². The van der Waals surface area contributed by atoms with Crippen molar-refractivity contribution in [2.24, 2.45) is 0 Å². The van der Waals surface area contributed by atoms with E-state index in [9.17, 15) is 23.2 Å². The molecule has 1 unspecified atom stereocenters. The van der Waals surface area contributed by atoms with E-state index in [1.807, 2.05) is 0 Å². The van der Waals surface area contributed by atoms with Gasteiger partial charge in [-0.05, 0) is 24.6 Å². The first-order chi connectivity index (χ1) is 13.9. The molecular weight excluding hydrogens is 382 g/mol. The van der Waals surface area contributed by atoms with Gasteiger partial charge in [-0.15, -0.1) is 0 Å². The summed E-state index contributed by atoms with van der Waals surface area (Å²) >= 11 is 0. The standard InChI is InChI=1S/C20H16F2N4O3/c1-12(13-7-3-2-4-8-13)25-18(28)17(27)24(20(25)29)11-16-23-14-9-5-6-10-15(14)26(16)19(21)22/h2-10,12,19H,11H2,1H3. The van der Waals surface area contributed by atoms with E-state index in [2.05, 4.69) is 4.98 Å². The topological polar surface area (TPSA) is 75.5 Å². The Labute approximate surface area is 164 Å². The molecule has 29 heavy (non-hydrogen) atoms. The fraction of sp³-hybridized carbons (Fsp3) is 0.200. The van der Waals surface area contributed by atoms with Gasteiger partial charge in [0.05, 0.1) is 23.6 Å². The number of amides is 4. The van der Waals surface area contributed by atoms with E-state index in [1.54, 1.807) is 55.5 Å². The van der Waals surface area contributed by atoms with Crippen LogP contribution in [0.1, 0.15) is 30.9 Å². The van der Waals surface area contributed by atoms with Gasteiger partial charge >= 0.3 is 24.4 Å². The number of nitrogens with zero attached hydrogens (tertiary/aromatic N) is 4. The zero-order chi connectivity index (χ0) is 20.7. The predicted molar refractivity (Wildman–Crippen MR) is 98.6 cm³/mol. The lowest BCUT2D eigenvalue weighted by atomic mass is 10.1. The fourth-order valence-electron chi connectivity index (χ4n) is 3.45. The molecule has 2 aromatic carbocycles. The van der Waals surface area contributed by atoms with Crippen LogP contribution >= 0.6 is 0 Å². The maximum absolute atomic E-state index is 13.6. The molecule has 0 aliphatic carbocycles. The van der Waals surface area contributed by atoms with E-state index >= 15 is 0 Å². The Morgan fingerprint density at radius 2 is 1.59 bits per heavy atom. The van der Waals surface area contributed by atoms with Gasteiger partial charge in [-0.1, -0.05) is 42.5 Å². The Morgan fingerprint density at radius 1 is 0.931 bits per heavy atom. The quantitative estimate of drug-likeness (QED) is 0.487. The molecule has 1 aliphatic rings. The van der Waals surface area contributed by atoms with Gasteiger partial charge in [0.2, 0.25) is 0 Å². The molecule has 148 valence electrons. The van der Waals surface area contributed by atoms with Gasteiger partial charge in [-0.25, -0.2) is 19.6 Å². The minimum Gasteiger partial charge on any atom is -0.269 e. The molecule has 0 saturated carbocycles. The van der Waals surface area contributed by atoms with Crippen LogP contribution in [0.25, 0.3) is 11.0 Å². The van der Waals surface area contributed by atoms with E-state index in [1.165, 1.54) is 6.07 Å². The van der Waals surface area contributed by atoms with Crippen LogP contribution in [0.4, 0.5) is 13.6 Å². The van der Waals surface area contributed by atoms with Crippen molar-refractivity contribution in [3.8, 4) is 0 Å². The van der Waals surface area contributed by atoms with E-state index in [0.717, 1.165) is 4.90 Å². The van der Waals surface area contributed by atoms with Gasteiger partial charge < -0.3 is 0 Å². The number of carbonyl (C=O) groups excluding carboxylic acids is 3. The van der Waals surface area contributed by atoms with Crippen LogP contribution in [0.2, 0.25) is 0 Å². The number of rotatable bonds is 5. The molecule has 4 amide bonds. The predicted octanol–water partition coefficient (Wildman–Crippen LogP) is 3.48. The van der Waals surface area contributed by atoms with Crippen LogP contribution in [0, 0.1) is 0 Å². The molecular formula is C20H16F2N4O3. The number of para-hydroxylation sites is 2. The Morgan fingerprint density at radius 3 is 2.28 bits per heavy atom. The summed E-state index contributed by atoms with van der Waals surface area (Å²) in [5.74, 6) is -2.23. The number of urea groups is 1. The highest BCUT2D eigenvalue weighted by Gasteiger charge is 2.47. The first-order valence-corrected chi connectivity index (χ1v) is 8.88. The van der Waals surface area contributed by atoms with Gasteiger partial charge in [0, 0.05) is 0 Å². The normalized spacial score (nSPS) is 15.8. The van der Waals surface area contributed by atoms with Gasteiger partial charge in [0.15, 0.2) is 0 Å². The highest BCUT2D eigenvalue weighted by Crippen LogP contribution is 2.29. The summed E-state index contributed by atoms with van der Waals surface area (Å²) in [6.07, 6.45) is 0. The number of halogens is 2. The van der Waals surface area contributed by atoms with Crippen molar-refractivity contribution in [2.45, 2.75) is 26.1 Å². The zero-order valence-electron chi connectivity index (χ0n) is 15.3. The third-order valence-electron chi connectivity index (χ3n) is 4.92. The van der Waals surface area contributed by atoms with Crippen LogP contribution in [-0.2, 0) is 16.1 Å². The summed E-state index contributed by atoms with van der Waals surface area (Å²) in [6.45, 7) is -1.82. The van der Waals surface area contributed by atoms with Crippen LogP contribution in [-0.4, -0.2) is 37.2 Å². The summed E-state index contributed by atoms with van der Waals surface area (Å²) in [6, 6.07) is 13.5. The average Bonchev–Trinajstić information content (AvgIpc) is 3.19. The molecule has 2 heterocycles. The highest BCUT2D eigenvalue weighted by atomic mass is 19.3. The van der Waals surface area contributed by atoms with Crippen molar-refractivity contribution in [3.63, 3.8) is 0 Å². The number of hydrogen-bond donors (Lipinski definition) is 0. The molecule has 1 aliphatic heterocycles. The third-order valence-corrected chi connectivity index (χ3v) is 4.92. The maximum Gasteiger partial charge on any atom is 0.335 e. The SMILES string of the molecule is CC(c1ccccc1)N1C(=O)C(=O)N(Cc2nc3ccccc3n2C(F)F)C1=O. The van der Waals surface area contributed by atoms with E-state index in [0.29, 0.717) is 20.5 Å². The summed E-state index contributed by atoms with van der Waals surface area (Å²) in [4.78, 5) is 43.4. The number of imidazole rings is 1. The van der Waals surface area contributed by atoms with E-state index < -0.39 is 37.0 Å². The van der Waals surface area contributed by atoms with Crippen molar-refractivity contribution >= 4 is 28.9 Å². The average molecular weight is 398 g/mol. The summed E-state index contributed by atoms with van der Waals surface area (Å²) in [5, 5.41) is 0. The molecule has 4 rings (SSSR count). The van der Waals surface area contributed by atoms with Crippen molar-refractivity contribution in [1.29, 1.82) is 0 Å². The lowest BCUT2D eigenvalue weighted by Crippen LogP contribution is -2.35. The molecule has 0 spiro atoms. The van der Waals surface area contributed by atoms with Crippen molar-refractivity contribution in [3.05, 3.63) is 66.0 Å². The smallest absolute Gasteiger partial charge is 0.269 e. The van der Waals surface area contributed by atoms with E-state index in [4.69, 9.17) is 0 Å². The molecule has 1 saturated heterocycles. The Balaban J connectivity index is 1.68. The number of hydrogen-bond acceptors (Lipinski definition) is 4. The van der Waals surface area contributed by atoms with Crippen LogP contribution in [0.15, 0.2) is 54.6 Å². The minimum absolute atomic E-state index is 0.176. The lowest BCUT2D eigenvalue weighted by Gasteiger charge is -2.22. The number of benzene rings is 2. The second kappa shape index (κ2) is 7.08. The fourth-order valence-corrected chi connectivity index (χ4v) is 3.45. The third kappa shape index (κ3) is 3.04. The second-order valence-electron chi connectivity index (χ2n) is 6.60. The Kier molecular flexibility index (Phi) is 4.57. The van der Waals surface area contributed by atoms with Crippen LogP contribution < -0.4 is 0 Å². The molecule has 1 atom stereocenters. The molecule has 7 nitrogen and oxygen atoms in total. The van der Waals surface area contributed by atoms with Crippen molar-refractivity contribution in [1.82, 2.24) is 19.4 Å². The van der Waals surface area contributed by atoms with Gasteiger partial charge in [-0.2, -0.15) is 8.78 Å². The number of aromatic nitrogens is 2. The highest BCUT2D eigenvalue weighted by molar-refractivity contribution is 6.44. The van der Waals surface area contributed by atoms with Crippen molar-refractivity contribution < 1.29 is 23.2 Å². The lowest BCUT2D eigenvalue weighted by molar-refractivity contribution is -0.144. The van der Waals surface area contributed by atoms with Crippen LogP contribution in [0.5, 0.6) is 0 Å². The number of fused-ring (bicyclic) bond motifs is 1. The van der Waals surface area contributed by atoms with Gasteiger partial charge in [-0.3, -0.25) is 14.2 Å². The molecule has 0 bridgehead atoms. The Hall–Kier alpha value is -3.62. The Bertz CT molecular complexity index is 1110. The number of imide groups is 2. The first-order valence-electron chi connectivity index (χ1n) is 8.88. The number of alkyl halides is 2. The molecule has 1 fully saturated rings. The number of carbonyl (C=O) groups is 3. The van der Waals surface area contributed by atoms with Crippen molar-refractivity contribution in [2.75, 3.05) is 0 Å². The zero-order valence-corrected chi connectivity index (χ0v) is 15.3. The molecule has 3 aromatic rings. The van der Waals surface area contributed by atoms with E-state index in [-0.39, 0.29) is 11.3 Å². The summed E-state index contributed by atoms with van der Waals surface area (Å²) in [7, 11) is 0. The summed E-state index contributed by atoms with van der Waals surface area (Å²) < 4.78 is 27.9. The second-order valence-corrected chi connectivity index (χ2v) is 6.60. The molecule has 0 radical (unpaired) electrons. The first kappa shape index (κ1) is 18.7.